The minimum absolute atomic E-state index is 0.105. The summed E-state index contributed by atoms with van der Waals surface area (Å²) in [5.41, 5.74) is 0.718. The molecule has 0 saturated heterocycles. The monoisotopic (exact) mass is 234 g/mol. The molecular weight excluding hydrogens is 224 g/mol. The van der Waals surface area contributed by atoms with E-state index < -0.39 is 0 Å². The van der Waals surface area contributed by atoms with Crippen LogP contribution in [0.1, 0.15) is 12.6 Å². The second-order valence-corrected chi connectivity index (χ2v) is 4.10. The molecule has 0 aliphatic carbocycles. The Bertz CT molecular complexity index is 360. The van der Waals surface area contributed by atoms with Crippen LogP contribution in [0.25, 0.3) is 0 Å². The lowest BCUT2D eigenvalue weighted by molar-refractivity contribution is -0.124. The summed E-state index contributed by atoms with van der Waals surface area (Å²) in [6, 6.07) is 0. The van der Waals surface area contributed by atoms with Crippen LogP contribution in [0.15, 0.2) is 10.2 Å². The van der Waals surface area contributed by atoms with Crippen LogP contribution in [0.2, 0.25) is 0 Å². The third-order valence-corrected chi connectivity index (χ3v) is 2.88. The molecule has 0 radical (unpaired) electrons. The number of hydrogen-bond acceptors (Lipinski definition) is 3. The molecule has 0 fully saturated rings. The van der Waals surface area contributed by atoms with E-state index in [2.05, 4.69) is 10.3 Å². The largest absolute Gasteiger partial charge is 0.350 e. The van der Waals surface area contributed by atoms with Crippen LogP contribution >= 0.6 is 22.9 Å². The highest BCUT2D eigenvalue weighted by molar-refractivity contribution is 7.07. The third kappa shape index (κ3) is 3.16. The van der Waals surface area contributed by atoms with Gasteiger partial charge in [-0.2, -0.15) is 0 Å². The number of carbonyl (C=O) groups is 1. The molecule has 1 unspecified atom stereocenters. The Balaban J connectivity index is 2.41. The molecule has 1 heterocycles. The van der Waals surface area contributed by atoms with Gasteiger partial charge in [0.05, 0.1) is 6.54 Å². The first-order valence-corrected chi connectivity index (χ1v) is 5.55. The van der Waals surface area contributed by atoms with E-state index in [9.17, 15) is 9.59 Å². The fraction of sp³-hybridized carbons (Fsp3) is 0.500. The van der Waals surface area contributed by atoms with Crippen molar-refractivity contribution >= 4 is 28.8 Å². The summed E-state index contributed by atoms with van der Waals surface area (Å²) in [6.45, 7) is 2.09. The van der Waals surface area contributed by atoms with Gasteiger partial charge in [0.25, 0.3) is 0 Å². The molecule has 1 aromatic heterocycles. The van der Waals surface area contributed by atoms with Crippen LogP contribution in [0.3, 0.4) is 0 Å². The SMILES string of the molecule is CC(CCl)C(=O)NCc1csc(=O)[nH]1. The first-order chi connectivity index (χ1) is 6.63. The van der Waals surface area contributed by atoms with Gasteiger partial charge in [0.1, 0.15) is 0 Å². The van der Waals surface area contributed by atoms with Crippen LogP contribution in [0, 0.1) is 5.92 Å². The van der Waals surface area contributed by atoms with Crippen molar-refractivity contribution in [3.63, 3.8) is 0 Å². The van der Waals surface area contributed by atoms with E-state index in [1.807, 2.05) is 0 Å². The van der Waals surface area contributed by atoms with E-state index in [0.717, 1.165) is 17.0 Å². The van der Waals surface area contributed by atoms with Crippen LogP contribution in [-0.2, 0) is 11.3 Å². The van der Waals surface area contributed by atoms with Crippen LogP contribution in [0.4, 0.5) is 0 Å². The van der Waals surface area contributed by atoms with Gasteiger partial charge >= 0.3 is 4.87 Å². The molecule has 0 aromatic carbocycles. The van der Waals surface area contributed by atoms with E-state index in [0.29, 0.717) is 12.4 Å². The zero-order valence-corrected chi connectivity index (χ0v) is 9.24. The summed E-state index contributed by atoms with van der Waals surface area (Å²) >= 11 is 6.60. The minimum Gasteiger partial charge on any atom is -0.350 e. The molecule has 0 spiro atoms. The van der Waals surface area contributed by atoms with Gasteiger partial charge in [-0.15, -0.1) is 11.6 Å². The van der Waals surface area contributed by atoms with E-state index in [1.54, 1.807) is 12.3 Å². The third-order valence-electron chi connectivity index (χ3n) is 1.70. The highest BCUT2D eigenvalue weighted by Crippen LogP contribution is 1.99. The van der Waals surface area contributed by atoms with Crippen molar-refractivity contribution in [2.45, 2.75) is 13.5 Å². The average Bonchev–Trinajstić information content (AvgIpc) is 2.59. The summed E-state index contributed by atoms with van der Waals surface area (Å²) in [7, 11) is 0. The van der Waals surface area contributed by atoms with Crippen molar-refractivity contribution in [2.24, 2.45) is 5.92 Å². The van der Waals surface area contributed by atoms with E-state index >= 15 is 0 Å². The Hall–Kier alpha value is -0.810. The molecule has 0 aliphatic rings. The number of nitrogens with one attached hydrogen (secondary N) is 2. The van der Waals surface area contributed by atoms with Crippen LogP contribution in [0.5, 0.6) is 0 Å². The van der Waals surface area contributed by atoms with Crippen molar-refractivity contribution < 1.29 is 4.79 Å². The number of amides is 1. The molecule has 1 aromatic rings. The van der Waals surface area contributed by atoms with Gasteiger partial charge < -0.3 is 10.3 Å². The summed E-state index contributed by atoms with van der Waals surface area (Å²) < 4.78 is 0. The highest BCUT2D eigenvalue weighted by atomic mass is 35.5. The summed E-state index contributed by atoms with van der Waals surface area (Å²) in [6.07, 6.45) is 0. The number of rotatable bonds is 4. The van der Waals surface area contributed by atoms with Crippen LogP contribution in [-0.4, -0.2) is 16.8 Å². The molecule has 1 rings (SSSR count). The molecule has 6 heteroatoms. The lowest BCUT2D eigenvalue weighted by Gasteiger charge is -2.07. The number of halogens is 1. The Labute approximate surface area is 90.3 Å². The van der Waals surface area contributed by atoms with Crippen LogP contribution < -0.4 is 10.2 Å². The van der Waals surface area contributed by atoms with E-state index in [-0.39, 0.29) is 16.7 Å². The number of thiazole rings is 1. The Morgan fingerprint density at radius 1 is 1.79 bits per heavy atom. The van der Waals surface area contributed by atoms with Gasteiger partial charge in [-0.3, -0.25) is 9.59 Å². The molecule has 0 bridgehead atoms. The number of hydrogen-bond donors (Lipinski definition) is 2. The van der Waals surface area contributed by atoms with Gasteiger partial charge in [-0.25, -0.2) is 0 Å². The van der Waals surface area contributed by atoms with Crippen molar-refractivity contribution in [3.8, 4) is 0 Å². The molecule has 1 atom stereocenters. The highest BCUT2D eigenvalue weighted by Gasteiger charge is 2.10. The first-order valence-electron chi connectivity index (χ1n) is 4.14. The molecule has 2 N–H and O–H groups in total. The fourth-order valence-electron chi connectivity index (χ4n) is 0.827. The number of aromatic nitrogens is 1. The first kappa shape index (κ1) is 11.3. The van der Waals surface area contributed by atoms with Crippen molar-refractivity contribution in [3.05, 3.63) is 20.7 Å². The number of H-pyrrole nitrogens is 1. The standard InChI is InChI=1S/C8H11ClN2O2S/c1-5(2-9)7(12)10-3-6-4-14-8(13)11-6/h4-5H,2-3H2,1H3,(H,10,12)(H,11,13). The molecule has 0 aliphatic heterocycles. The Morgan fingerprint density at radius 3 is 3.00 bits per heavy atom. The molecule has 4 nitrogen and oxygen atoms in total. The van der Waals surface area contributed by atoms with Crippen molar-refractivity contribution in [1.82, 2.24) is 10.3 Å². The zero-order valence-electron chi connectivity index (χ0n) is 7.67. The predicted octanol–water partition coefficient (Wildman–Crippen LogP) is 0.927. The lowest BCUT2D eigenvalue weighted by atomic mass is 10.2. The van der Waals surface area contributed by atoms with Crippen molar-refractivity contribution in [1.29, 1.82) is 0 Å². The van der Waals surface area contributed by atoms with Gasteiger partial charge in [0.15, 0.2) is 0 Å². The minimum atomic E-state index is -0.206. The predicted molar refractivity (Wildman–Crippen MR) is 56.7 cm³/mol. The Kier molecular flexibility index (Phi) is 4.16. The van der Waals surface area contributed by atoms with Crippen molar-refractivity contribution in [2.75, 3.05) is 5.88 Å². The fourth-order valence-corrected chi connectivity index (χ4v) is 1.55. The van der Waals surface area contributed by atoms with Gasteiger partial charge in [0.2, 0.25) is 5.91 Å². The summed E-state index contributed by atoms with van der Waals surface area (Å²) in [5, 5.41) is 4.36. The smallest absolute Gasteiger partial charge is 0.304 e. The Morgan fingerprint density at radius 2 is 2.50 bits per heavy atom. The van der Waals surface area contributed by atoms with E-state index in [1.165, 1.54) is 0 Å². The summed E-state index contributed by atoms with van der Waals surface area (Å²) in [4.78, 5) is 24.5. The average molecular weight is 235 g/mol. The second-order valence-electron chi connectivity index (χ2n) is 2.95. The topological polar surface area (TPSA) is 62.0 Å². The molecule has 0 saturated carbocycles. The maximum absolute atomic E-state index is 11.3. The maximum Gasteiger partial charge on any atom is 0.304 e. The molecular formula is C8H11ClN2O2S. The number of carbonyl (C=O) groups excluding carboxylic acids is 1. The molecule has 1 amide bonds. The zero-order chi connectivity index (χ0) is 10.6. The van der Waals surface area contributed by atoms with Gasteiger partial charge in [-0.05, 0) is 0 Å². The van der Waals surface area contributed by atoms with Gasteiger partial charge in [0, 0.05) is 22.9 Å². The number of alkyl halides is 1. The lowest BCUT2D eigenvalue weighted by Crippen LogP contribution is -2.29. The van der Waals surface area contributed by atoms with E-state index in [4.69, 9.17) is 11.6 Å². The normalized spacial score (nSPS) is 12.4. The molecule has 14 heavy (non-hydrogen) atoms. The maximum atomic E-state index is 11.3. The molecule has 78 valence electrons. The second kappa shape index (κ2) is 5.17. The van der Waals surface area contributed by atoms with Gasteiger partial charge in [-0.1, -0.05) is 18.3 Å². The number of aromatic amines is 1. The quantitative estimate of drug-likeness (QED) is 0.762. The summed E-state index contributed by atoms with van der Waals surface area (Å²) in [5.74, 6) is -0.0134.